The highest BCUT2D eigenvalue weighted by Crippen LogP contribution is 2.24. The first-order chi connectivity index (χ1) is 13.7. The van der Waals surface area contributed by atoms with E-state index in [0.29, 0.717) is 24.7 Å². The maximum Gasteiger partial charge on any atom is 0.227 e. The van der Waals surface area contributed by atoms with Gasteiger partial charge < -0.3 is 19.3 Å². The largest absolute Gasteiger partial charge is 0.497 e. The minimum atomic E-state index is -0.0582. The Morgan fingerprint density at radius 1 is 1.21 bits per heavy atom. The highest BCUT2D eigenvalue weighted by Gasteiger charge is 2.21. The number of methoxy groups -OCH3 is 1. The van der Waals surface area contributed by atoms with Gasteiger partial charge in [0.05, 0.1) is 13.2 Å². The fraction of sp³-hybridized carbons (Fsp3) is 0.286. The molecule has 1 amide bonds. The molecule has 0 saturated heterocycles. The molecule has 28 heavy (non-hydrogen) atoms. The van der Waals surface area contributed by atoms with Gasteiger partial charge in [0, 0.05) is 18.4 Å². The number of aromatic nitrogens is 2. The maximum atomic E-state index is 12.3. The Kier molecular flexibility index (Phi) is 5.23. The van der Waals surface area contributed by atoms with Crippen LogP contribution in [0.2, 0.25) is 0 Å². The van der Waals surface area contributed by atoms with Crippen LogP contribution in [0.5, 0.6) is 11.5 Å². The summed E-state index contributed by atoms with van der Waals surface area (Å²) in [6, 6.07) is 15.3. The summed E-state index contributed by atoms with van der Waals surface area (Å²) in [4.78, 5) is 16.6. The lowest BCUT2D eigenvalue weighted by atomic mass is 10.0. The van der Waals surface area contributed by atoms with Crippen LogP contribution in [-0.4, -0.2) is 35.8 Å². The van der Waals surface area contributed by atoms with Crippen molar-refractivity contribution in [2.24, 2.45) is 0 Å². The molecule has 0 radical (unpaired) electrons. The molecule has 7 heteroatoms. The molecule has 144 valence electrons. The van der Waals surface area contributed by atoms with Crippen molar-refractivity contribution in [2.45, 2.75) is 25.3 Å². The van der Waals surface area contributed by atoms with Crippen molar-refractivity contribution in [1.82, 2.24) is 15.5 Å². The minimum Gasteiger partial charge on any atom is -0.497 e. The zero-order valence-corrected chi connectivity index (χ0v) is 15.6. The normalized spacial score (nSPS) is 15.4. The first-order valence-electron chi connectivity index (χ1n) is 9.18. The van der Waals surface area contributed by atoms with Gasteiger partial charge in [0.25, 0.3) is 0 Å². The molecule has 1 aliphatic rings. The van der Waals surface area contributed by atoms with Gasteiger partial charge in [-0.25, -0.2) is 0 Å². The Hall–Kier alpha value is -3.35. The Morgan fingerprint density at radius 2 is 2.04 bits per heavy atom. The van der Waals surface area contributed by atoms with Gasteiger partial charge in [0.2, 0.25) is 17.6 Å². The summed E-state index contributed by atoms with van der Waals surface area (Å²) in [6.07, 6.45) is 1.44. The van der Waals surface area contributed by atoms with Crippen LogP contribution in [0, 0.1) is 0 Å². The number of fused-ring (bicyclic) bond motifs is 1. The monoisotopic (exact) mass is 379 g/mol. The molecule has 0 aliphatic carbocycles. The van der Waals surface area contributed by atoms with E-state index in [2.05, 4.69) is 15.5 Å². The fourth-order valence-corrected chi connectivity index (χ4v) is 3.15. The molecule has 0 saturated carbocycles. The number of rotatable bonds is 6. The van der Waals surface area contributed by atoms with Gasteiger partial charge in [-0.15, -0.1) is 0 Å². The molecule has 0 spiro atoms. The van der Waals surface area contributed by atoms with Gasteiger partial charge in [0.15, 0.2) is 0 Å². The minimum absolute atomic E-state index is 0.0278. The summed E-state index contributed by atoms with van der Waals surface area (Å²) in [7, 11) is 1.62. The number of nitrogens with one attached hydrogen (secondary N) is 1. The molecule has 2 aromatic carbocycles. The molecule has 4 rings (SSSR count). The second-order valence-electron chi connectivity index (χ2n) is 6.63. The summed E-state index contributed by atoms with van der Waals surface area (Å²) >= 11 is 0. The molecular formula is C21H21N3O4. The van der Waals surface area contributed by atoms with Gasteiger partial charge in [-0.2, -0.15) is 4.98 Å². The van der Waals surface area contributed by atoms with Crippen molar-refractivity contribution in [2.75, 3.05) is 13.7 Å². The average molecular weight is 379 g/mol. The number of aryl methyl sites for hydroxylation is 1. The van der Waals surface area contributed by atoms with Crippen molar-refractivity contribution in [1.29, 1.82) is 0 Å². The van der Waals surface area contributed by atoms with E-state index in [1.807, 2.05) is 48.5 Å². The van der Waals surface area contributed by atoms with Crippen LogP contribution in [0.25, 0.3) is 11.4 Å². The molecule has 2 heterocycles. The molecular weight excluding hydrogens is 358 g/mol. The number of hydrogen-bond acceptors (Lipinski definition) is 6. The number of benzene rings is 2. The third-order valence-electron chi connectivity index (χ3n) is 4.63. The number of carbonyl (C=O) groups excluding carboxylic acids is 1. The Bertz CT molecular complexity index is 952. The number of ether oxygens (including phenoxy) is 2. The molecule has 0 bridgehead atoms. The highest BCUT2D eigenvalue weighted by atomic mass is 16.5. The second kappa shape index (κ2) is 8.12. The third kappa shape index (κ3) is 4.14. The Labute approximate surface area is 162 Å². The van der Waals surface area contributed by atoms with Gasteiger partial charge in [0.1, 0.15) is 18.1 Å². The number of amides is 1. The van der Waals surface area contributed by atoms with E-state index in [1.165, 1.54) is 0 Å². The van der Waals surface area contributed by atoms with E-state index in [9.17, 15) is 4.79 Å². The topological polar surface area (TPSA) is 86.5 Å². The standard InChI is InChI=1S/C21H21N3O4/c1-26-17-8-6-14(7-9-17)21-23-20(28-24-21)11-10-19(25)22-16-12-15-4-2-3-5-18(15)27-13-16/h2-9,16H,10-13H2,1H3,(H,22,25). The lowest BCUT2D eigenvalue weighted by molar-refractivity contribution is -0.122. The summed E-state index contributed by atoms with van der Waals surface area (Å²) in [5.74, 6) is 2.53. The van der Waals surface area contributed by atoms with Crippen molar-refractivity contribution in [3.63, 3.8) is 0 Å². The van der Waals surface area contributed by atoms with Gasteiger partial charge >= 0.3 is 0 Å². The van der Waals surface area contributed by atoms with Crippen LogP contribution in [0.4, 0.5) is 0 Å². The molecule has 1 aromatic heterocycles. The van der Waals surface area contributed by atoms with Crippen molar-refractivity contribution in [3.8, 4) is 22.9 Å². The van der Waals surface area contributed by atoms with E-state index in [1.54, 1.807) is 7.11 Å². The van der Waals surface area contributed by atoms with E-state index < -0.39 is 0 Å². The predicted molar refractivity (Wildman–Crippen MR) is 102 cm³/mol. The molecule has 3 aromatic rings. The van der Waals surface area contributed by atoms with E-state index >= 15 is 0 Å². The van der Waals surface area contributed by atoms with Crippen molar-refractivity contribution < 1.29 is 18.8 Å². The Balaban J connectivity index is 1.29. The molecule has 7 nitrogen and oxygen atoms in total. The summed E-state index contributed by atoms with van der Waals surface area (Å²) in [6.45, 7) is 0.477. The zero-order chi connectivity index (χ0) is 19.3. The van der Waals surface area contributed by atoms with Crippen molar-refractivity contribution >= 4 is 5.91 Å². The van der Waals surface area contributed by atoms with E-state index in [-0.39, 0.29) is 18.4 Å². The average Bonchev–Trinajstić information content (AvgIpc) is 3.21. The van der Waals surface area contributed by atoms with Crippen LogP contribution in [0.3, 0.4) is 0 Å². The molecule has 1 aliphatic heterocycles. The zero-order valence-electron chi connectivity index (χ0n) is 15.6. The van der Waals surface area contributed by atoms with Crippen LogP contribution >= 0.6 is 0 Å². The first kappa shape index (κ1) is 18.0. The second-order valence-corrected chi connectivity index (χ2v) is 6.63. The smallest absolute Gasteiger partial charge is 0.227 e. The summed E-state index contributed by atoms with van der Waals surface area (Å²) in [5.41, 5.74) is 1.94. The van der Waals surface area contributed by atoms with Crippen LogP contribution in [0.1, 0.15) is 17.9 Å². The number of carbonyl (C=O) groups is 1. The summed E-state index contributed by atoms with van der Waals surface area (Å²) < 4.78 is 16.1. The predicted octanol–water partition coefficient (Wildman–Crippen LogP) is 2.80. The Morgan fingerprint density at radius 3 is 2.86 bits per heavy atom. The number of nitrogens with zero attached hydrogens (tertiary/aromatic N) is 2. The molecule has 1 unspecified atom stereocenters. The summed E-state index contributed by atoms with van der Waals surface area (Å²) in [5, 5.41) is 7.00. The maximum absolute atomic E-state index is 12.3. The van der Waals surface area contributed by atoms with Crippen LogP contribution in [0.15, 0.2) is 53.1 Å². The SMILES string of the molecule is COc1ccc(-c2noc(CCC(=O)NC3COc4ccccc4C3)n2)cc1. The van der Waals surface area contributed by atoms with E-state index in [0.717, 1.165) is 29.0 Å². The van der Waals surface area contributed by atoms with Gasteiger partial charge in [-0.05, 0) is 42.3 Å². The highest BCUT2D eigenvalue weighted by molar-refractivity contribution is 5.76. The van der Waals surface area contributed by atoms with Crippen LogP contribution < -0.4 is 14.8 Å². The van der Waals surface area contributed by atoms with Crippen molar-refractivity contribution in [3.05, 3.63) is 60.0 Å². The molecule has 1 N–H and O–H groups in total. The number of hydrogen-bond donors (Lipinski definition) is 1. The number of para-hydroxylation sites is 1. The lowest BCUT2D eigenvalue weighted by Gasteiger charge is -2.25. The lowest BCUT2D eigenvalue weighted by Crippen LogP contribution is -2.42. The van der Waals surface area contributed by atoms with E-state index in [4.69, 9.17) is 14.0 Å². The first-order valence-corrected chi connectivity index (χ1v) is 9.18. The molecule has 0 fully saturated rings. The fourth-order valence-electron chi connectivity index (χ4n) is 3.15. The van der Waals surface area contributed by atoms with Gasteiger partial charge in [-0.1, -0.05) is 23.4 Å². The molecule has 1 atom stereocenters. The quantitative estimate of drug-likeness (QED) is 0.709. The van der Waals surface area contributed by atoms with Crippen LogP contribution in [-0.2, 0) is 17.6 Å². The van der Waals surface area contributed by atoms with Gasteiger partial charge in [-0.3, -0.25) is 4.79 Å². The third-order valence-corrected chi connectivity index (χ3v) is 4.63.